The van der Waals surface area contributed by atoms with Gasteiger partial charge in [-0.25, -0.2) is 0 Å². The van der Waals surface area contributed by atoms with Gasteiger partial charge in [-0.2, -0.15) is 0 Å². The first kappa shape index (κ1) is 15.2. The molecular formula is C15H19N3O3S. The molecule has 0 saturated carbocycles. The van der Waals surface area contributed by atoms with E-state index in [0.29, 0.717) is 32.5 Å². The molecule has 3 amide bonds. The van der Waals surface area contributed by atoms with Crippen LogP contribution in [0.15, 0.2) is 17.5 Å². The molecule has 1 atom stereocenters. The number of imide groups is 1. The number of amides is 3. The second kappa shape index (κ2) is 6.18. The molecule has 0 spiro atoms. The first-order valence-electron chi connectivity index (χ1n) is 7.46. The van der Waals surface area contributed by atoms with Gasteiger partial charge < -0.3 is 5.73 Å². The van der Waals surface area contributed by atoms with Crippen molar-refractivity contribution >= 4 is 29.1 Å². The van der Waals surface area contributed by atoms with E-state index in [0.717, 1.165) is 4.88 Å². The Hall–Kier alpha value is -1.73. The lowest BCUT2D eigenvalue weighted by atomic mass is 9.95. The second-order valence-electron chi connectivity index (χ2n) is 5.83. The average molecular weight is 321 g/mol. The summed E-state index contributed by atoms with van der Waals surface area (Å²) in [6.07, 6.45) is 1.57. The van der Waals surface area contributed by atoms with Crippen molar-refractivity contribution in [2.45, 2.75) is 31.8 Å². The van der Waals surface area contributed by atoms with E-state index in [4.69, 9.17) is 5.73 Å². The molecule has 6 nitrogen and oxygen atoms in total. The van der Waals surface area contributed by atoms with Gasteiger partial charge in [0.2, 0.25) is 17.7 Å². The molecule has 0 radical (unpaired) electrons. The number of likely N-dealkylation sites (tertiary alicyclic amines) is 2. The third-order valence-corrected chi connectivity index (χ3v) is 5.35. The summed E-state index contributed by atoms with van der Waals surface area (Å²) >= 11 is 1.54. The number of hydrogen-bond donors (Lipinski definition) is 1. The van der Waals surface area contributed by atoms with E-state index >= 15 is 0 Å². The zero-order valence-electron chi connectivity index (χ0n) is 12.2. The highest BCUT2D eigenvalue weighted by Crippen LogP contribution is 2.26. The van der Waals surface area contributed by atoms with E-state index in [-0.39, 0.29) is 36.1 Å². The zero-order chi connectivity index (χ0) is 15.7. The molecule has 2 fully saturated rings. The summed E-state index contributed by atoms with van der Waals surface area (Å²) in [5.74, 6) is -0.602. The summed E-state index contributed by atoms with van der Waals surface area (Å²) in [4.78, 5) is 40.3. The maximum Gasteiger partial charge on any atom is 0.247 e. The van der Waals surface area contributed by atoms with Crippen molar-refractivity contribution in [3.63, 3.8) is 0 Å². The maximum absolute atomic E-state index is 12.5. The van der Waals surface area contributed by atoms with Crippen LogP contribution < -0.4 is 5.73 Å². The first-order valence-corrected chi connectivity index (χ1v) is 8.34. The van der Waals surface area contributed by atoms with Gasteiger partial charge in [0, 0.05) is 10.8 Å². The predicted molar refractivity (Wildman–Crippen MR) is 81.8 cm³/mol. The summed E-state index contributed by atoms with van der Waals surface area (Å²) in [7, 11) is 0. The quantitative estimate of drug-likeness (QED) is 0.822. The van der Waals surface area contributed by atoms with Gasteiger partial charge in [0.25, 0.3) is 0 Å². The molecule has 1 aromatic heterocycles. The van der Waals surface area contributed by atoms with E-state index < -0.39 is 0 Å². The molecule has 0 unspecified atom stereocenters. The van der Waals surface area contributed by atoms with E-state index in [1.807, 2.05) is 22.4 Å². The molecule has 2 N–H and O–H groups in total. The molecule has 0 aromatic carbocycles. The van der Waals surface area contributed by atoms with Crippen molar-refractivity contribution in [1.29, 1.82) is 0 Å². The Morgan fingerprint density at radius 2 is 2.05 bits per heavy atom. The number of nitrogens with two attached hydrogens (primary N) is 1. The monoisotopic (exact) mass is 321 g/mol. The summed E-state index contributed by atoms with van der Waals surface area (Å²) < 4.78 is 0. The smallest absolute Gasteiger partial charge is 0.247 e. The largest absolute Gasteiger partial charge is 0.369 e. The van der Waals surface area contributed by atoms with Gasteiger partial charge in [-0.05, 0) is 37.4 Å². The fraction of sp³-hybridized carbons (Fsp3) is 0.533. The van der Waals surface area contributed by atoms with Crippen LogP contribution in [0.3, 0.4) is 0 Å². The average Bonchev–Trinajstić information content (AvgIpc) is 3.11. The molecule has 7 heteroatoms. The topological polar surface area (TPSA) is 83.7 Å². The van der Waals surface area contributed by atoms with Crippen LogP contribution in [0.1, 0.15) is 24.1 Å². The Kier molecular flexibility index (Phi) is 4.26. The third-order valence-electron chi connectivity index (χ3n) is 4.49. The highest BCUT2D eigenvalue weighted by Gasteiger charge is 2.42. The molecule has 118 valence electrons. The van der Waals surface area contributed by atoms with E-state index in [1.165, 1.54) is 4.90 Å². The fourth-order valence-corrected chi connectivity index (χ4v) is 3.86. The number of piperidine rings is 1. The molecule has 2 aliphatic heterocycles. The van der Waals surface area contributed by atoms with Crippen LogP contribution in [0, 0.1) is 5.92 Å². The number of carbonyl (C=O) groups is 3. The van der Waals surface area contributed by atoms with Crippen molar-refractivity contribution in [3.05, 3.63) is 22.4 Å². The van der Waals surface area contributed by atoms with Crippen LogP contribution in [-0.2, 0) is 20.9 Å². The summed E-state index contributed by atoms with van der Waals surface area (Å²) in [5.41, 5.74) is 5.33. The Morgan fingerprint density at radius 1 is 1.32 bits per heavy atom. The minimum absolute atomic E-state index is 0.106. The Balaban J connectivity index is 1.63. The molecular weight excluding hydrogens is 302 g/mol. The van der Waals surface area contributed by atoms with E-state index in [2.05, 4.69) is 0 Å². The molecule has 22 heavy (non-hydrogen) atoms. The standard InChI is InChI=1S/C15H19N3O3S/c16-14(20)10-3-5-17(6-4-10)12-8-13(19)18(15(12)21)9-11-2-1-7-22-11/h1-2,7,10,12H,3-6,8-9H2,(H2,16,20)/t12-/m1/s1. The predicted octanol–water partition coefficient (Wildman–Crippen LogP) is 0.573. The van der Waals surface area contributed by atoms with Gasteiger partial charge in [-0.1, -0.05) is 6.07 Å². The molecule has 2 saturated heterocycles. The lowest BCUT2D eigenvalue weighted by Crippen LogP contribution is -2.47. The van der Waals surface area contributed by atoms with Crippen LogP contribution >= 0.6 is 11.3 Å². The second-order valence-corrected chi connectivity index (χ2v) is 6.86. The molecule has 1 aromatic rings. The number of thiophene rings is 1. The Labute approximate surface area is 132 Å². The summed E-state index contributed by atoms with van der Waals surface area (Å²) in [6.45, 7) is 1.65. The Morgan fingerprint density at radius 3 is 2.64 bits per heavy atom. The van der Waals surface area contributed by atoms with Crippen molar-refractivity contribution in [2.75, 3.05) is 13.1 Å². The normalized spacial score (nSPS) is 24.2. The van der Waals surface area contributed by atoms with Crippen LogP contribution in [0.25, 0.3) is 0 Å². The van der Waals surface area contributed by atoms with Crippen molar-refractivity contribution in [2.24, 2.45) is 11.7 Å². The minimum Gasteiger partial charge on any atom is -0.369 e. The molecule has 2 aliphatic rings. The van der Waals surface area contributed by atoms with Crippen molar-refractivity contribution < 1.29 is 14.4 Å². The van der Waals surface area contributed by atoms with Gasteiger partial charge in [0.05, 0.1) is 19.0 Å². The number of carbonyl (C=O) groups excluding carboxylic acids is 3. The first-order chi connectivity index (χ1) is 10.6. The van der Waals surface area contributed by atoms with E-state index in [1.54, 1.807) is 11.3 Å². The lowest BCUT2D eigenvalue weighted by Gasteiger charge is -2.33. The number of hydrogen-bond acceptors (Lipinski definition) is 5. The number of primary amides is 1. The number of nitrogens with zero attached hydrogens (tertiary/aromatic N) is 2. The van der Waals surface area contributed by atoms with E-state index in [9.17, 15) is 14.4 Å². The van der Waals surface area contributed by atoms with Gasteiger partial charge in [0.15, 0.2) is 0 Å². The van der Waals surface area contributed by atoms with Crippen molar-refractivity contribution in [3.8, 4) is 0 Å². The van der Waals surface area contributed by atoms with Gasteiger partial charge >= 0.3 is 0 Å². The van der Waals surface area contributed by atoms with Crippen molar-refractivity contribution in [1.82, 2.24) is 9.80 Å². The summed E-state index contributed by atoms with van der Waals surface area (Å²) in [6, 6.07) is 3.47. The zero-order valence-corrected chi connectivity index (χ0v) is 13.1. The van der Waals surface area contributed by atoms with Gasteiger partial charge in [-0.3, -0.25) is 24.2 Å². The van der Waals surface area contributed by atoms with Gasteiger partial charge in [0.1, 0.15) is 0 Å². The molecule has 3 heterocycles. The highest BCUT2D eigenvalue weighted by atomic mass is 32.1. The van der Waals surface area contributed by atoms with Crippen LogP contribution in [0.4, 0.5) is 0 Å². The van der Waals surface area contributed by atoms with Crippen LogP contribution in [-0.4, -0.2) is 46.7 Å². The SMILES string of the molecule is NC(=O)C1CCN([C@@H]2CC(=O)N(Cc3cccs3)C2=O)CC1. The maximum atomic E-state index is 12.5. The molecule has 0 bridgehead atoms. The minimum atomic E-state index is -0.374. The Bertz CT molecular complexity index is 579. The van der Waals surface area contributed by atoms with Crippen LogP contribution in [0.2, 0.25) is 0 Å². The highest BCUT2D eigenvalue weighted by molar-refractivity contribution is 7.09. The fourth-order valence-electron chi connectivity index (χ4n) is 3.17. The third kappa shape index (κ3) is 2.91. The van der Waals surface area contributed by atoms with Gasteiger partial charge in [-0.15, -0.1) is 11.3 Å². The molecule has 0 aliphatic carbocycles. The van der Waals surface area contributed by atoms with Crippen LogP contribution in [0.5, 0.6) is 0 Å². The molecule has 3 rings (SSSR count). The lowest BCUT2D eigenvalue weighted by molar-refractivity contribution is -0.140. The summed E-state index contributed by atoms with van der Waals surface area (Å²) in [5, 5.41) is 1.94. The number of rotatable bonds is 4.